The first-order chi connectivity index (χ1) is 7.15. The maximum Gasteiger partial charge on any atom is 0.256 e. The second kappa shape index (κ2) is 5.24. The molecule has 0 bridgehead atoms. The summed E-state index contributed by atoms with van der Waals surface area (Å²) in [5.74, 6) is -1.20. The molecule has 4 heteroatoms. The molecule has 1 aromatic heterocycles. The van der Waals surface area contributed by atoms with Gasteiger partial charge in [0.05, 0.1) is 5.56 Å². The van der Waals surface area contributed by atoms with E-state index in [0.717, 1.165) is 0 Å². The lowest BCUT2D eigenvalue weighted by atomic mass is 10.2. The quantitative estimate of drug-likeness (QED) is 0.606. The van der Waals surface area contributed by atoms with Gasteiger partial charge in [0.25, 0.3) is 5.91 Å². The number of pyridine rings is 1. The van der Waals surface area contributed by atoms with Crippen molar-refractivity contribution >= 4 is 5.91 Å². The Morgan fingerprint density at radius 1 is 1.80 bits per heavy atom. The van der Waals surface area contributed by atoms with Gasteiger partial charge in [-0.15, -0.1) is 6.58 Å². The lowest BCUT2D eigenvalue weighted by Crippen LogP contribution is -2.32. The summed E-state index contributed by atoms with van der Waals surface area (Å²) >= 11 is 0. The van der Waals surface area contributed by atoms with Gasteiger partial charge in [-0.3, -0.25) is 4.79 Å². The Kier molecular flexibility index (Phi) is 3.97. The lowest BCUT2D eigenvalue weighted by molar-refractivity contribution is 0.0935. The average Bonchev–Trinajstić information content (AvgIpc) is 2.18. The molecule has 0 saturated carbocycles. The molecule has 1 heterocycles. The topological polar surface area (TPSA) is 42.0 Å². The SMILES string of the molecule is C=CCC(C)NC(=O)c1cccnc1F. The zero-order valence-corrected chi connectivity index (χ0v) is 8.53. The summed E-state index contributed by atoms with van der Waals surface area (Å²) in [5.41, 5.74) is -0.0339. The number of nitrogens with one attached hydrogen (secondary N) is 1. The van der Waals surface area contributed by atoms with Crippen molar-refractivity contribution in [1.82, 2.24) is 10.3 Å². The minimum atomic E-state index is -0.749. The van der Waals surface area contributed by atoms with Gasteiger partial charge in [-0.25, -0.2) is 4.98 Å². The Bertz CT molecular complexity index is 365. The number of carbonyl (C=O) groups is 1. The van der Waals surface area contributed by atoms with Crippen LogP contribution in [0.2, 0.25) is 0 Å². The standard InChI is InChI=1S/C11H13FN2O/c1-3-5-8(2)14-11(15)9-6-4-7-13-10(9)12/h3-4,6-8H,1,5H2,2H3,(H,14,15). The minimum Gasteiger partial charge on any atom is -0.349 e. The van der Waals surface area contributed by atoms with Crippen LogP contribution in [0.25, 0.3) is 0 Å². The van der Waals surface area contributed by atoms with Gasteiger partial charge in [0.15, 0.2) is 0 Å². The van der Waals surface area contributed by atoms with Crippen LogP contribution in [0.1, 0.15) is 23.7 Å². The van der Waals surface area contributed by atoms with Crippen LogP contribution in [0.3, 0.4) is 0 Å². The fraction of sp³-hybridized carbons (Fsp3) is 0.273. The number of hydrogen-bond donors (Lipinski definition) is 1. The predicted molar refractivity (Wildman–Crippen MR) is 55.9 cm³/mol. The van der Waals surface area contributed by atoms with Gasteiger partial charge in [0.2, 0.25) is 5.95 Å². The molecule has 15 heavy (non-hydrogen) atoms. The molecule has 1 amide bonds. The van der Waals surface area contributed by atoms with E-state index in [1.165, 1.54) is 18.3 Å². The summed E-state index contributed by atoms with van der Waals surface area (Å²) in [6.07, 6.45) is 3.65. The second-order valence-electron chi connectivity index (χ2n) is 3.24. The minimum absolute atomic E-state index is 0.0339. The Morgan fingerprint density at radius 2 is 2.53 bits per heavy atom. The van der Waals surface area contributed by atoms with Crippen molar-refractivity contribution in [2.45, 2.75) is 19.4 Å². The number of nitrogens with zero attached hydrogens (tertiary/aromatic N) is 1. The second-order valence-corrected chi connectivity index (χ2v) is 3.24. The highest BCUT2D eigenvalue weighted by molar-refractivity contribution is 5.94. The van der Waals surface area contributed by atoms with E-state index in [0.29, 0.717) is 6.42 Å². The van der Waals surface area contributed by atoms with Crippen molar-refractivity contribution in [1.29, 1.82) is 0 Å². The summed E-state index contributed by atoms with van der Waals surface area (Å²) in [6.45, 7) is 5.39. The molecule has 1 aromatic rings. The zero-order valence-electron chi connectivity index (χ0n) is 8.53. The molecule has 80 valence electrons. The lowest BCUT2D eigenvalue weighted by Gasteiger charge is -2.11. The van der Waals surface area contributed by atoms with Crippen LogP contribution in [0, 0.1) is 5.95 Å². The molecule has 0 aromatic carbocycles. The highest BCUT2D eigenvalue weighted by Gasteiger charge is 2.13. The van der Waals surface area contributed by atoms with Gasteiger partial charge in [0, 0.05) is 12.2 Å². The van der Waals surface area contributed by atoms with Crippen molar-refractivity contribution in [3.05, 3.63) is 42.5 Å². The van der Waals surface area contributed by atoms with Gasteiger partial charge >= 0.3 is 0 Å². The average molecular weight is 208 g/mol. The molecule has 1 N–H and O–H groups in total. The van der Waals surface area contributed by atoms with E-state index < -0.39 is 11.9 Å². The number of carbonyl (C=O) groups excluding carboxylic acids is 1. The van der Waals surface area contributed by atoms with Gasteiger partial charge in [-0.05, 0) is 25.5 Å². The molecule has 0 aliphatic carbocycles. The molecular weight excluding hydrogens is 195 g/mol. The van der Waals surface area contributed by atoms with E-state index in [1.807, 2.05) is 6.92 Å². The van der Waals surface area contributed by atoms with E-state index >= 15 is 0 Å². The first-order valence-electron chi connectivity index (χ1n) is 4.67. The fourth-order valence-electron chi connectivity index (χ4n) is 1.17. The predicted octanol–water partition coefficient (Wildman–Crippen LogP) is 1.92. The van der Waals surface area contributed by atoms with Crippen LogP contribution in [0.4, 0.5) is 4.39 Å². The van der Waals surface area contributed by atoms with Crippen molar-refractivity contribution in [2.24, 2.45) is 0 Å². The van der Waals surface area contributed by atoms with Crippen LogP contribution in [0.15, 0.2) is 31.0 Å². The van der Waals surface area contributed by atoms with Gasteiger partial charge in [0.1, 0.15) is 0 Å². The molecule has 0 saturated heterocycles. The number of hydrogen-bond acceptors (Lipinski definition) is 2. The Balaban J connectivity index is 2.69. The molecule has 0 spiro atoms. The summed E-state index contributed by atoms with van der Waals surface area (Å²) in [7, 11) is 0. The van der Waals surface area contributed by atoms with Crippen molar-refractivity contribution < 1.29 is 9.18 Å². The van der Waals surface area contributed by atoms with Crippen molar-refractivity contribution in [2.75, 3.05) is 0 Å². The molecule has 1 atom stereocenters. The third-order valence-corrected chi connectivity index (χ3v) is 1.90. The maximum atomic E-state index is 13.1. The Morgan fingerprint density at radius 3 is 3.13 bits per heavy atom. The van der Waals surface area contributed by atoms with Crippen LogP contribution in [-0.2, 0) is 0 Å². The number of amides is 1. The molecule has 1 unspecified atom stereocenters. The van der Waals surface area contributed by atoms with Crippen LogP contribution in [-0.4, -0.2) is 16.9 Å². The molecule has 0 fully saturated rings. The van der Waals surface area contributed by atoms with Crippen LogP contribution >= 0.6 is 0 Å². The fourth-order valence-corrected chi connectivity index (χ4v) is 1.17. The van der Waals surface area contributed by atoms with E-state index in [-0.39, 0.29) is 11.6 Å². The molecular formula is C11H13FN2O. The monoisotopic (exact) mass is 208 g/mol. The summed E-state index contributed by atoms with van der Waals surface area (Å²) in [6, 6.07) is 2.86. The zero-order chi connectivity index (χ0) is 11.3. The van der Waals surface area contributed by atoms with Gasteiger partial charge < -0.3 is 5.32 Å². The molecule has 1 rings (SSSR count). The first-order valence-corrected chi connectivity index (χ1v) is 4.67. The third-order valence-electron chi connectivity index (χ3n) is 1.90. The van der Waals surface area contributed by atoms with E-state index in [9.17, 15) is 9.18 Å². The summed E-state index contributed by atoms with van der Waals surface area (Å²) in [5, 5.41) is 2.65. The number of halogens is 1. The maximum absolute atomic E-state index is 13.1. The molecule has 3 nitrogen and oxygen atoms in total. The smallest absolute Gasteiger partial charge is 0.256 e. The Labute approximate surface area is 88.0 Å². The van der Waals surface area contributed by atoms with Gasteiger partial charge in [-0.1, -0.05) is 6.08 Å². The molecule has 0 aliphatic rings. The third kappa shape index (κ3) is 3.16. The Hall–Kier alpha value is -1.71. The highest BCUT2D eigenvalue weighted by atomic mass is 19.1. The van der Waals surface area contributed by atoms with E-state index in [4.69, 9.17) is 0 Å². The largest absolute Gasteiger partial charge is 0.349 e. The first kappa shape index (κ1) is 11.4. The van der Waals surface area contributed by atoms with Crippen molar-refractivity contribution in [3.63, 3.8) is 0 Å². The summed E-state index contributed by atoms with van der Waals surface area (Å²) < 4.78 is 13.1. The molecule has 0 radical (unpaired) electrons. The normalized spacial score (nSPS) is 11.9. The van der Waals surface area contributed by atoms with Crippen LogP contribution in [0.5, 0.6) is 0 Å². The van der Waals surface area contributed by atoms with E-state index in [1.54, 1.807) is 6.08 Å². The van der Waals surface area contributed by atoms with Crippen molar-refractivity contribution in [3.8, 4) is 0 Å². The molecule has 0 aliphatic heterocycles. The van der Waals surface area contributed by atoms with Crippen LogP contribution < -0.4 is 5.32 Å². The number of aromatic nitrogens is 1. The number of rotatable bonds is 4. The van der Waals surface area contributed by atoms with E-state index in [2.05, 4.69) is 16.9 Å². The summed E-state index contributed by atoms with van der Waals surface area (Å²) in [4.78, 5) is 14.9. The highest BCUT2D eigenvalue weighted by Crippen LogP contribution is 2.03. The van der Waals surface area contributed by atoms with Gasteiger partial charge in [-0.2, -0.15) is 4.39 Å².